The average Bonchev–Trinajstić information content (AvgIpc) is 3.26. The normalized spacial score (nSPS) is 27.9. The number of H-pyrrole nitrogens is 1. The minimum Gasteiger partial charge on any atom is -0.392 e. The van der Waals surface area contributed by atoms with Crippen molar-refractivity contribution in [1.82, 2.24) is 24.6 Å². The van der Waals surface area contributed by atoms with Gasteiger partial charge >= 0.3 is 0 Å². The minimum absolute atomic E-state index is 0.174. The average molecular weight is 383 g/mol. The van der Waals surface area contributed by atoms with E-state index in [1.54, 1.807) is 0 Å². The van der Waals surface area contributed by atoms with Gasteiger partial charge < -0.3 is 9.67 Å². The fourth-order valence-electron chi connectivity index (χ4n) is 5.31. The highest BCUT2D eigenvalue weighted by Crippen LogP contribution is 2.35. The van der Waals surface area contributed by atoms with E-state index in [9.17, 15) is 9.90 Å². The van der Waals surface area contributed by atoms with Crippen LogP contribution >= 0.6 is 0 Å². The molecule has 2 N–H and O–H groups in total. The number of nitrogens with zero attached hydrogens (tertiary/aromatic N) is 4. The molecule has 3 aliphatic heterocycles. The summed E-state index contributed by atoms with van der Waals surface area (Å²) in [6, 6.07) is 4.20. The Balaban J connectivity index is 1.35. The Morgan fingerprint density at radius 2 is 2.00 bits per heavy atom. The number of β-amino-alcohol motifs (C(OH)–C–C–N with tert-alkyl or cyclic N) is 1. The number of hydrogen-bond donors (Lipinski definition) is 2. The molecule has 0 aliphatic carbocycles. The maximum absolute atomic E-state index is 13.1. The third kappa shape index (κ3) is 3.32. The molecular weight excluding hydrogens is 354 g/mol. The van der Waals surface area contributed by atoms with E-state index in [1.807, 2.05) is 16.8 Å². The molecule has 5 heterocycles. The van der Waals surface area contributed by atoms with Gasteiger partial charge in [0.25, 0.3) is 5.56 Å². The quantitative estimate of drug-likeness (QED) is 0.826. The number of piperidine rings is 1. The molecule has 2 fully saturated rings. The minimum atomic E-state index is -0.246. The number of fused-ring (bicyclic) bond motifs is 4. The second-order valence-corrected chi connectivity index (χ2v) is 8.89. The Hall–Kier alpha value is -1.96. The molecular formula is C21H29N5O2. The topological polar surface area (TPSA) is 77.4 Å². The van der Waals surface area contributed by atoms with Gasteiger partial charge in [-0.3, -0.25) is 19.7 Å². The number of aliphatic hydroxyl groups is 1. The summed E-state index contributed by atoms with van der Waals surface area (Å²) in [5.41, 5.74) is 4.64. The number of rotatable bonds is 4. The first-order valence-electron chi connectivity index (χ1n) is 10.4. The van der Waals surface area contributed by atoms with Gasteiger partial charge in [-0.2, -0.15) is 5.10 Å². The van der Waals surface area contributed by atoms with Crippen molar-refractivity contribution in [3.8, 4) is 0 Å². The Morgan fingerprint density at radius 3 is 2.75 bits per heavy atom. The van der Waals surface area contributed by atoms with Crippen molar-refractivity contribution in [2.24, 2.45) is 5.92 Å². The molecule has 28 heavy (non-hydrogen) atoms. The van der Waals surface area contributed by atoms with E-state index in [4.69, 9.17) is 0 Å². The number of aliphatic hydroxyl groups excluding tert-OH is 1. The molecule has 0 saturated carbocycles. The molecule has 0 radical (unpaired) electrons. The second-order valence-electron chi connectivity index (χ2n) is 8.89. The van der Waals surface area contributed by atoms with Crippen LogP contribution in [-0.4, -0.2) is 62.0 Å². The highest BCUT2D eigenvalue weighted by atomic mass is 16.3. The summed E-state index contributed by atoms with van der Waals surface area (Å²) in [5.74, 6) is 0.954. The van der Waals surface area contributed by atoms with Crippen LogP contribution in [0.1, 0.15) is 41.3 Å². The number of aromatic amines is 1. The summed E-state index contributed by atoms with van der Waals surface area (Å²) in [4.78, 5) is 17.8. The molecule has 0 unspecified atom stereocenters. The summed E-state index contributed by atoms with van der Waals surface area (Å²) in [6.07, 6.45) is 3.67. The van der Waals surface area contributed by atoms with Crippen LogP contribution < -0.4 is 5.56 Å². The Kier molecular flexibility index (Phi) is 4.61. The number of pyridine rings is 1. The Labute approximate surface area is 165 Å². The lowest BCUT2D eigenvalue weighted by atomic mass is 9.83. The smallest absolute Gasteiger partial charge is 0.255 e. The molecule has 7 heteroatoms. The molecule has 2 bridgehead atoms. The van der Waals surface area contributed by atoms with Crippen molar-refractivity contribution < 1.29 is 5.11 Å². The number of hydrogen-bond acceptors (Lipinski definition) is 5. The Morgan fingerprint density at radius 1 is 1.14 bits per heavy atom. The Bertz CT molecular complexity index is 920. The van der Waals surface area contributed by atoms with Crippen LogP contribution in [0, 0.1) is 12.8 Å². The van der Waals surface area contributed by atoms with Crippen LogP contribution in [0.15, 0.2) is 23.1 Å². The van der Waals surface area contributed by atoms with Crippen LogP contribution in [-0.2, 0) is 19.6 Å². The molecule has 150 valence electrons. The van der Waals surface area contributed by atoms with Gasteiger partial charge in [-0.15, -0.1) is 0 Å². The van der Waals surface area contributed by atoms with E-state index < -0.39 is 0 Å². The molecule has 5 rings (SSSR count). The highest BCUT2D eigenvalue weighted by molar-refractivity contribution is 5.23. The molecule has 2 saturated heterocycles. The van der Waals surface area contributed by atoms with Crippen molar-refractivity contribution in [2.75, 3.05) is 26.2 Å². The van der Waals surface area contributed by atoms with Crippen molar-refractivity contribution in [1.29, 1.82) is 0 Å². The van der Waals surface area contributed by atoms with E-state index in [2.05, 4.69) is 33.0 Å². The van der Waals surface area contributed by atoms with E-state index >= 15 is 0 Å². The van der Waals surface area contributed by atoms with Gasteiger partial charge in [0.2, 0.25) is 0 Å². The predicted octanol–water partition coefficient (Wildman–Crippen LogP) is 1.07. The fourth-order valence-corrected chi connectivity index (χ4v) is 5.31. The third-order valence-electron chi connectivity index (χ3n) is 6.73. The lowest BCUT2D eigenvalue weighted by molar-refractivity contribution is 0.114. The van der Waals surface area contributed by atoms with E-state index in [0.29, 0.717) is 24.9 Å². The summed E-state index contributed by atoms with van der Waals surface area (Å²) in [6.45, 7) is 8.05. The lowest BCUT2D eigenvalue weighted by Gasteiger charge is -2.43. The van der Waals surface area contributed by atoms with Crippen LogP contribution in [0.2, 0.25) is 0 Å². The van der Waals surface area contributed by atoms with Crippen LogP contribution in [0.4, 0.5) is 0 Å². The largest absolute Gasteiger partial charge is 0.392 e. The first kappa shape index (κ1) is 18.1. The molecule has 3 aliphatic rings. The van der Waals surface area contributed by atoms with Gasteiger partial charge in [0, 0.05) is 74.2 Å². The zero-order valence-electron chi connectivity index (χ0n) is 16.5. The van der Waals surface area contributed by atoms with Crippen LogP contribution in [0.3, 0.4) is 0 Å². The van der Waals surface area contributed by atoms with Gasteiger partial charge in [0.1, 0.15) is 0 Å². The van der Waals surface area contributed by atoms with Crippen LogP contribution in [0.25, 0.3) is 0 Å². The van der Waals surface area contributed by atoms with Crippen molar-refractivity contribution in [3.63, 3.8) is 0 Å². The molecule has 7 nitrogen and oxygen atoms in total. The van der Waals surface area contributed by atoms with E-state index in [0.717, 1.165) is 50.4 Å². The first-order valence-corrected chi connectivity index (χ1v) is 10.4. The number of aromatic nitrogens is 3. The van der Waals surface area contributed by atoms with Crippen molar-refractivity contribution in [3.05, 3.63) is 51.2 Å². The standard InChI is InChI=1S/C21H29N5O2/c1-14-18(7-22-23-14)12-25-8-15-6-17(11-25)20-3-2-16(21(28)26(20)9-15)10-24-5-4-19(27)13-24/h2-3,7,15,17,19,27H,4-6,8-13H2,1H3,(H,22,23)/t15-,17+,19-/m0/s1. The zero-order valence-corrected chi connectivity index (χ0v) is 16.5. The van der Waals surface area contributed by atoms with Crippen molar-refractivity contribution in [2.45, 2.75) is 51.4 Å². The van der Waals surface area contributed by atoms with Gasteiger partial charge in [-0.1, -0.05) is 6.07 Å². The molecule has 0 aromatic carbocycles. The van der Waals surface area contributed by atoms with Crippen molar-refractivity contribution >= 4 is 0 Å². The monoisotopic (exact) mass is 383 g/mol. The van der Waals surface area contributed by atoms with E-state index in [1.165, 1.54) is 17.7 Å². The third-order valence-corrected chi connectivity index (χ3v) is 6.73. The summed E-state index contributed by atoms with van der Waals surface area (Å²) in [5, 5.41) is 16.9. The van der Waals surface area contributed by atoms with Gasteiger partial charge in [-0.05, 0) is 31.7 Å². The summed E-state index contributed by atoms with van der Waals surface area (Å²) < 4.78 is 2.04. The molecule has 3 atom stereocenters. The maximum atomic E-state index is 13.1. The van der Waals surface area contributed by atoms with Gasteiger partial charge in [0.15, 0.2) is 0 Å². The van der Waals surface area contributed by atoms with Crippen LogP contribution in [0.5, 0.6) is 0 Å². The number of nitrogens with one attached hydrogen (secondary N) is 1. The summed E-state index contributed by atoms with van der Waals surface area (Å²) >= 11 is 0. The lowest BCUT2D eigenvalue weighted by Crippen LogP contribution is -2.47. The summed E-state index contributed by atoms with van der Waals surface area (Å²) in [7, 11) is 0. The molecule has 2 aromatic heterocycles. The van der Waals surface area contributed by atoms with Gasteiger partial charge in [-0.25, -0.2) is 0 Å². The van der Waals surface area contributed by atoms with E-state index in [-0.39, 0.29) is 11.7 Å². The molecule has 0 spiro atoms. The molecule has 2 aromatic rings. The highest BCUT2D eigenvalue weighted by Gasteiger charge is 2.35. The zero-order chi connectivity index (χ0) is 19.3. The predicted molar refractivity (Wildman–Crippen MR) is 106 cm³/mol. The molecule has 0 amide bonds. The second kappa shape index (κ2) is 7.13. The first-order chi connectivity index (χ1) is 13.6. The fraction of sp³-hybridized carbons (Fsp3) is 0.619. The number of likely N-dealkylation sites (tertiary alicyclic amines) is 2. The maximum Gasteiger partial charge on any atom is 0.255 e. The van der Waals surface area contributed by atoms with Gasteiger partial charge in [0.05, 0.1) is 12.3 Å². The SMILES string of the molecule is Cc1[nH]ncc1CN1C[C@@H]2C[C@H](C1)c1ccc(CN3CC[C@H](O)C3)c(=O)n1C2. The number of aryl methyl sites for hydroxylation is 1.